The lowest BCUT2D eigenvalue weighted by Gasteiger charge is -2.25. The van der Waals surface area contributed by atoms with Crippen LogP contribution in [0, 0.1) is 0 Å². The molecular formula is C18H21N. The molecule has 2 aromatic rings. The summed E-state index contributed by atoms with van der Waals surface area (Å²) in [5, 5.41) is 3.61. The van der Waals surface area contributed by atoms with Crippen molar-refractivity contribution in [3.8, 4) is 0 Å². The van der Waals surface area contributed by atoms with E-state index in [1.165, 1.54) is 24.8 Å². The number of aryl methyl sites for hydroxylation is 1. The maximum Gasteiger partial charge on any atom is 0.0205 e. The van der Waals surface area contributed by atoms with Gasteiger partial charge < -0.3 is 5.32 Å². The standard InChI is InChI=1S/C18H21N/c1-2-7-15(8-3-1)13-19-14-17-11-6-10-16-9-4-5-12-18(16)17/h1-5,7-9,12,17,19H,6,10-11,13-14H2/t17-/m1/s1. The zero-order valence-electron chi connectivity index (χ0n) is 11.3. The van der Waals surface area contributed by atoms with Crippen LogP contribution >= 0.6 is 0 Å². The van der Waals surface area contributed by atoms with Crippen molar-refractivity contribution in [1.29, 1.82) is 0 Å². The molecule has 2 aromatic carbocycles. The molecule has 0 amide bonds. The van der Waals surface area contributed by atoms with Gasteiger partial charge in [-0.05, 0) is 41.9 Å². The molecule has 1 aliphatic rings. The highest BCUT2D eigenvalue weighted by atomic mass is 14.9. The Hall–Kier alpha value is -1.60. The van der Waals surface area contributed by atoms with E-state index in [1.807, 2.05) is 0 Å². The second kappa shape index (κ2) is 6.03. The van der Waals surface area contributed by atoms with Crippen molar-refractivity contribution < 1.29 is 0 Å². The van der Waals surface area contributed by atoms with Crippen LogP contribution in [0.15, 0.2) is 54.6 Å². The zero-order valence-corrected chi connectivity index (χ0v) is 11.3. The molecular weight excluding hydrogens is 230 g/mol. The summed E-state index contributed by atoms with van der Waals surface area (Å²) >= 11 is 0. The first-order valence-electron chi connectivity index (χ1n) is 7.26. The van der Waals surface area contributed by atoms with Gasteiger partial charge in [-0.3, -0.25) is 0 Å². The van der Waals surface area contributed by atoms with Gasteiger partial charge in [0.2, 0.25) is 0 Å². The highest BCUT2D eigenvalue weighted by molar-refractivity contribution is 5.32. The van der Waals surface area contributed by atoms with Crippen LogP contribution in [0.2, 0.25) is 0 Å². The Labute approximate surface area is 115 Å². The predicted octanol–water partition coefficient (Wildman–Crippen LogP) is 3.90. The van der Waals surface area contributed by atoms with Crippen molar-refractivity contribution in [3.05, 3.63) is 71.3 Å². The van der Waals surface area contributed by atoms with Crippen LogP contribution in [0.4, 0.5) is 0 Å². The number of fused-ring (bicyclic) bond motifs is 1. The molecule has 0 bridgehead atoms. The fraction of sp³-hybridized carbons (Fsp3) is 0.333. The average molecular weight is 251 g/mol. The second-order valence-electron chi connectivity index (χ2n) is 5.40. The fourth-order valence-electron chi connectivity index (χ4n) is 3.05. The van der Waals surface area contributed by atoms with E-state index >= 15 is 0 Å². The quantitative estimate of drug-likeness (QED) is 0.869. The average Bonchev–Trinajstić information content (AvgIpc) is 2.49. The lowest BCUT2D eigenvalue weighted by molar-refractivity contribution is 0.507. The molecule has 1 heteroatoms. The molecule has 1 N–H and O–H groups in total. The smallest absolute Gasteiger partial charge is 0.0205 e. The third kappa shape index (κ3) is 3.05. The number of hydrogen-bond acceptors (Lipinski definition) is 1. The van der Waals surface area contributed by atoms with Gasteiger partial charge in [0.15, 0.2) is 0 Å². The van der Waals surface area contributed by atoms with E-state index in [0.29, 0.717) is 5.92 Å². The minimum atomic E-state index is 0.689. The number of rotatable bonds is 4. The van der Waals surface area contributed by atoms with Crippen molar-refractivity contribution in [3.63, 3.8) is 0 Å². The molecule has 98 valence electrons. The fourth-order valence-corrected chi connectivity index (χ4v) is 3.05. The van der Waals surface area contributed by atoms with E-state index < -0.39 is 0 Å². The van der Waals surface area contributed by atoms with E-state index in [-0.39, 0.29) is 0 Å². The molecule has 0 radical (unpaired) electrons. The molecule has 3 rings (SSSR count). The van der Waals surface area contributed by atoms with Gasteiger partial charge in [-0.1, -0.05) is 54.6 Å². The van der Waals surface area contributed by atoms with Gasteiger partial charge in [0.05, 0.1) is 0 Å². The lowest BCUT2D eigenvalue weighted by atomic mass is 9.83. The number of nitrogens with one attached hydrogen (secondary N) is 1. The minimum Gasteiger partial charge on any atom is -0.312 e. The highest BCUT2D eigenvalue weighted by Crippen LogP contribution is 2.30. The van der Waals surface area contributed by atoms with Gasteiger partial charge in [0, 0.05) is 13.1 Å². The first kappa shape index (κ1) is 12.4. The van der Waals surface area contributed by atoms with Crippen LogP contribution in [0.1, 0.15) is 35.4 Å². The van der Waals surface area contributed by atoms with Crippen molar-refractivity contribution in [2.75, 3.05) is 6.54 Å². The highest BCUT2D eigenvalue weighted by Gasteiger charge is 2.18. The van der Waals surface area contributed by atoms with E-state index in [4.69, 9.17) is 0 Å². The molecule has 1 nitrogen and oxygen atoms in total. The van der Waals surface area contributed by atoms with E-state index in [2.05, 4.69) is 59.9 Å². The van der Waals surface area contributed by atoms with Crippen LogP contribution in [0.5, 0.6) is 0 Å². The molecule has 0 aromatic heterocycles. The maximum absolute atomic E-state index is 3.61. The Morgan fingerprint density at radius 1 is 0.947 bits per heavy atom. The van der Waals surface area contributed by atoms with Gasteiger partial charge in [-0.2, -0.15) is 0 Å². The zero-order chi connectivity index (χ0) is 12.9. The van der Waals surface area contributed by atoms with Crippen LogP contribution < -0.4 is 5.32 Å². The van der Waals surface area contributed by atoms with E-state index in [1.54, 1.807) is 11.1 Å². The Morgan fingerprint density at radius 2 is 1.74 bits per heavy atom. The molecule has 0 heterocycles. The number of benzene rings is 2. The minimum absolute atomic E-state index is 0.689. The molecule has 1 aliphatic carbocycles. The molecule has 0 unspecified atom stereocenters. The van der Waals surface area contributed by atoms with Crippen LogP contribution in [0.25, 0.3) is 0 Å². The predicted molar refractivity (Wildman–Crippen MR) is 80.3 cm³/mol. The first-order chi connectivity index (χ1) is 9.43. The third-order valence-electron chi connectivity index (χ3n) is 4.06. The van der Waals surface area contributed by atoms with Crippen LogP contribution in [-0.2, 0) is 13.0 Å². The summed E-state index contributed by atoms with van der Waals surface area (Å²) in [6.07, 6.45) is 3.90. The van der Waals surface area contributed by atoms with E-state index in [9.17, 15) is 0 Å². The van der Waals surface area contributed by atoms with Crippen molar-refractivity contribution in [2.24, 2.45) is 0 Å². The van der Waals surface area contributed by atoms with Crippen molar-refractivity contribution in [1.82, 2.24) is 5.32 Å². The maximum atomic E-state index is 3.61. The lowest BCUT2D eigenvalue weighted by Crippen LogP contribution is -2.24. The normalized spacial score (nSPS) is 18.0. The molecule has 0 saturated heterocycles. The largest absolute Gasteiger partial charge is 0.312 e. The third-order valence-corrected chi connectivity index (χ3v) is 4.06. The summed E-state index contributed by atoms with van der Waals surface area (Å²) in [6, 6.07) is 19.6. The monoisotopic (exact) mass is 251 g/mol. The Morgan fingerprint density at radius 3 is 2.63 bits per heavy atom. The van der Waals surface area contributed by atoms with Crippen LogP contribution in [-0.4, -0.2) is 6.54 Å². The summed E-state index contributed by atoms with van der Waals surface area (Å²) in [5.41, 5.74) is 4.49. The topological polar surface area (TPSA) is 12.0 Å². The van der Waals surface area contributed by atoms with E-state index in [0.717, 1.165) is 13.1 Å². The Balaban J connectivity index is 1.59. The Bertz CT molecular complexity index is 518. The summed E-state index contributed by atoms with van der Waals surface area (Å²) in [4.78, 5) is 0. The second-order valence-corrected chi connectivity index (χ2v) is 5.40. The number of hydrogen-bond donors (Lipinski definition) is 1. The summed E-state index contributed by atoms with van der Waals surface area (Å²) in [7, 11) is 0. The molecule has 0 spiro atoms. The summed E-state index contributed by atoms with van der Waals surface area (Å²) < 4.78 is 0. The van der Waals surface area contributed by atoms with Gasteiger partial charge in [0.1, 0.15) is 0 Å². The molecule has 0 aliphatic heterocycles. The molecule has 0 fully saturated rings. The van der Waals surface area contributed by atoms with Crippen molar-refractivity contribution >= 4 is 0 Å². The molecule has 0 saturated carbocycles. The molecule has 1 atom stereocenters. The summed E-state index contributed by atoms with van der Waals surface area (Å²) in [6.45, 7) is 2.06. The SMILES string of the molecule is c1ccc(CNC[C@H]2CCCc3ccccc32)cc1. The van der Waals surface area contributed by atoms with Crippen LogP contribution in [0.3, 0.4) is 0 Å². The van der Waals surface area contributed by atoms with Gasteiger partial charge in [0.25, 0.3) is 0 Å². The van der Waals surface area contributed by atoms with Gasteiger partial charge >= 0.3 is 0 Å². The first-order valence-corrected chi connectivity index (χ1v) is 7.26. The van der Waals surface area contributed by atoms with Gasteiger partial charge in [-0.15, -0.1) is 0 Å². The summed E-state index contributed by atoms with van der Waals surface area (Å²) in [5.74, 6) is 0.689. The Kier molecular flexibility index (Phi) is 3.95. The molecule has 19 heavy (non-hydrogen) atoms. The van der Waals surface area contributed by atoms with Gasteiger partial charge in [-0.25, -0.2) is 0 Å². The van der Waals surface area contributed by atoms with Crippen molar-refractivity contribution in [2.45, 2.75) is 31.7 Å².